The van der Waals surface area contributed by atoms with Crippen molar-refractivity contribution in [3.8, 4) is 0 Å². The molecule has 0 radical (unpaired) electrons. The first-order valence-electron chi connectivity index (χ1n) is 10.9. The Morgan fingerprint density at radius 2 is 1.09 bits per heavy atom. The van der Waals surface area contributed by atoms with E-state index in [9.17, 15) is 0 Å². The molecule has 0 bridgehead atoms. The van der Waals surface area contributed by atoms with Gasteiger partial charge in [0, 0.05) is 7.11 Å². The van der Waals surface area contributed by atoms with Crippen LogP contribution in [0.4, 0.5) is 0 Å². The maximum absolute atomic E-state index is 6.33. The normalized spacial score (nSPS) is 22.8. The maximum atomic E-state index is 6.33. The van der Waals surface area contributed by atoms with E-state index in [0.29, 0.717) is 26.4 Å². The Bertz CT molecular complexity index is 903. The third-order valence-corrected chi connectivity index (χ3v) is 5.46. The first-order valence-corrected chi connectivity index (χ1v) is 10.9. The van der Waals surface area contributed by atoms with E-state index in [4.69, 9.17) is 23.7 Å². The van der Waals surface area contributed by atoms with Crippen LogP contribution in [-0.4, -0.2) is 38.3 Å². The van der Waals surface area contributed by atoms with Crippen LogP contribution in [0.5, 0.6) is 0 Å². The fraction of sp³-hybridized carbons (Fsp3) is 0.333. The summed E-state index contributed by atoms with van der Waals surface area (Å²) in [7, 11) is 1.63. The SMILES string of the molecule is COC1O[C@H](COCc2ccccc2)C(OCc2ccccc2)[C@@H]1OCc1ccccc1. The molecule has 3 aromatic carbocycles. The van der Waals surface area contributed by atoms with Crippen molar-refractivity contribution in [3.63, 3.8) is 0 Å². The molecule has 1 heterocycles. The highest BCUT2D eigenvalue weighted by Crippen LogP contribution is 2.29. The lowest BCUT2D eigenvalue weighted by Crippen LogP contribution is -2.39. The smallest absolute Gasteiger partial charge is 0.186 e. The van der Waals surface area contributed by atoms with Gasteiger partial charge in [0.15, 0.2) is 6.29 Å². The second kappa shape index (κ2) is 11.9. The summed E-state index contributed by atoms with van der Waals surface area (Å²) in [6, 6.07) is 30.3. The number of hydrogen-bond donors (Lipinski definition) is 0. The van der Waals surface area contributed by atoms with E-state index < -0.39 is 6.29 Å². The average molecular weight is 435 g/mol. The summed E-state index contributed by atoms with van der Waals surface area (Å²) in [5.74, 6) is 0. The van der Waals surface area contributed by atoms with Crippen molar-refractivity contribution in [2.45, 2.75) is 44.4 Å². The molecule has 168 valence electrons. The second-order valence-corrected chi connectivity index (χ2v) is 7.80. The third-order valence-electron chi connectivity index (χ3n) is 5.46. The van der Waals surface area contributed by atoms with Gasteiger partial charge in [0.25, 0.3) is 0 Å². The Kier molecular flexibility index (Phi) is 8.42. The molecule has 4 atom stereocenters. The first-order chi connectivity index (χ1) is 15.8. The lowest BCUT2D eigenvalue weighted by Gasteiger charge is -2.24. The van der Waals surface area contributed by atoms with Gasteiger partial charge in [0.05, 0.1) is 26.4 Å². The van der Waals surface area contributed by atoms with Gasteiger partial charge in [-0.15, -0.1) is 0 Å². The highest BCUT2D eigenvalue weighted by molar-refractivity contribution is 5.15. The molecule has 0 aliphatic carbocycles. The number of ether oxygens (including phenoxy) is 5. The molecule has 1 aliphatic heterocycles. The van der Waals surface area contributed by atoms with Gasteiger partial charge in [0.1, 0.15) is 18.3 Å². The second-order valence-electron chi connectivity index (χ2n) is 7.80. The predicted octanol–water partition coefficient (Wildman–Crippen LogP) is 4.75. The van der Waals surface area contributed by atoms with Gasteiger partial charge in [-0.2, -0.15) is 0 Å². The Morgan fingerprint density at radius 3 is 1.59 bits per heavy atom. The molecule has 4 rings (SSSR count). The molecule has 0 N–H and O–H groups in total. The summed E-state index contributed by atoms with van der Waals surface area (Å²) in [6.45, 7) is 1.82. The summed E-state index contributed by atoms with van der Waals surface area (Å²) in [5, 5.41) is 0. The third kappa shape index (κ3) is 6.25. The lowest BCUT2D eigenvalue weighted by atomic mass is 10.1. The van der Waals surface area contributed by atoms with Crippen molar-refractivity contribution >= 4 is 0 Å². The molecule has 1 saturated heterocycles. The van der Waals surface area contributed by atoms with Gasteiger partial charge in [0.2, 0.25) is 0 Å². The van der Waals surface area contributed by atoms with Crippen LogP contribution in [-0.2, 0) is 43.5 Å². The van der Waals surface area contributed by atoms with Crippen LogP contribution in [0.2, 0.25) is 0 Å². The Morgan fingerprint density at radius 1 is 0.625 bits per heavy atom. The fourth-order valence-corrected chi connectivity index (χ4v) is 3.79. The van der Waals surface area contributed by atoms with E-state index in [0.717, 1.165) is 16.7 Å². The van der Waals surface area contributed by atoms with Crippen molar-refractivity contribution in [2.75, 3.05) is 13.7 Å². The average Bonchev–Trinajstić information content (AvgIpc) is 3.19. The minimum atomic E-state index is -0.523. The van der Waals surface area contributed by atoms with E-state index in [1.807, 2.05) is 91.0 Å². The summed E-state index contributed by atoms with van der Waals surface area (Å²) in [5.41, 5.74) is 3.31. The molecule has 3 aromatic rings. The molecule has 1 aliphatic rings. The molecular weight excluding hydrogens is 404 g/mol. The Balaban J connectivity index is 1.42. The van der Waals surface area contributed by atoms with Crippen molar-refractivity contribution in [3.05, 3.63) is 108 Å². The minimum Gasteiger partial charge on any atom is -0.374 e. The van der Waals surface area contributed by atoms with Crippen LogP contribution >= 0.6 is 0 Å². The molecule has 32 heavy (non-hydrogen) atoms. The highest BCUT2D eigenvalue weighted by Gasteiger charge is 2.46. The zero-order valence-corrected chi connectivity index (χ0v) is 18.3. The molecule has 0 aromatic heterocycles. The van der Waals surface area contributed by atoms with Gasteiger partial charge in [-0.05, 0) is 16.7 Å². The van der Waals surface area contributed by atoms with E-state index >= 15 is 0 Å². The van der Waals surface area contributed by atoms with Crippen LogP contribution in [0.1, 0.15) is 16.7 Å². The van der Waals surface area contributed by atoms with E-state index in [-0.39, 0.29) is 18.3 Å². The van der Waals surface area contributed by atoms with Gasteiger partial charge >= 0.3 is 0 Å². The number of methoxy groups -OCH3 is 1. The number of benzene rings is 3. The minimum absolute atomic E-state index is 0.298. The molecule has 0 saturated carbocycles. The highest BCUT2D eigenvalue weighted by atomic mass is 16.7. The van der Waals surface area contributed by atoms with Crippen molar-refractivity contribution in [1.82, 2.24) is 0 Å². The van der Waals surface area contributed by atoms with E-state index in [1.54, 1.807) is 7.11 Å². The first kappa shape index (κ1) is 22.6. The summed E-state index contributed by atoms with van der Waals surface area (Å²) in [6.07, 6.45) is -1.51. The van der Waals surface area contributed by atoms with E-state index in [2.05, 4.69) is 0 Å². The zero-order chi connectivity index (χ0) is 22.0. The quantitative estimate of drug-likeness (QED) is 0.436. The molecule has 5 nitrogen and oxygen atoms in total. The summed E-state index contributed by atoms with van der Waals surface area (Å²) in [4.78, 5) is 0. The maximum Gasteiger partial charge on any atom is 0.186 e. The molecule has 5 heteroatoms. The lowest BCUT2D eigenvalue weighted by molar-refractivity contribution is -0.170. The fourth-order valence-electron chi connectivity index (χ4n) is 3.79. The molecule has 2 unspecified atom stereocenters. The van der Waals surface area contributed by atoms with Crippen LogP contribution in [0.25, 0.3) is 0 Å². The van der Waals surface area contributed by atoms with Crippen LogP contribution in [0.3, 0.4) is 0 Å². The Hall–Kier alpha value is -2.54. The molecule has 1 fully saturated rings. The number of rotatable bonds is 11. The monoisotopic (exact) mass is 434 g/mol. The molecular formula is C27H30O5. The standard InChI is InChI=1S/C27H30O5/c1-28-27-26(31-19-23-15-9-4-10-16-23)25(30-18-22-13-7-3-8-14-22)24(32-27)20-29-17-21-11-5-2-6-12-21/h2-16,24-27H,17-20H2,1H3/t24-,25?,26+,27?/m1/s1. The van der Waals surface area contributed by atoms with E-state index in [1.165, 1.54) is 0 Å². The van der Waals surface area contributed by atoms with Crippen LogP contribution in [0, 0.1) is 0 Å². The topological polar surface area (TPSA) is 46.2 Å². The van der Waals surface area contributed by atoms with Crippen molar-refractivity contribution in [1.29, 1.82) is 0 Å². The molecule has 0 spiro atoms. The van der Waals surface area contributed by atoms with Crippen molar-refractivity contribution in [2.24, 2.45) is 0 Å². The summed E-state index contributed by atoms with van der Waals surface area (Å²) < 4.78 is 30.3. The van der Waals surface area contributed by atoms with Crippen molar-refractivity contribution < 1.29 is 23.7 Å². The van der Waals surface area contributed by atoms with Gasteiger partial charge in [-0.25, -0.2) is 0 Å². The number of hydrogen-bond acceptors (Lipinski definition) is 5. The summed E-state index contributed by atoms with van der Waals surface area (Å²) >= 11 is 0. The van der Waals surface area contributed by atoms with Gasteiger partial charge in [-0.1, -0.05) is 91.0 Å². The largest absolute Gasteiger partial charge is 0.374 e. The predicted molar refractivity (Wildman–Crippen MR) is 122 cm³/mol. The van der Waals surface area contributed by atoms with Gasteiger partial charge < -0.3 is 23.7 Å². The Labute approximate surface area is 189 Å². The van der Waals surface area contributed by atoms with Crippen LogP contribution < -0.4 is 0 Å². The molecule has 0 amide bonds. The van der Waals surface area contributed by atoms with Gasteiger partial charge in [-0.3, -0.25) is 0 Å². The zero-order valence-electron chi connectivity index (χ0n) is 18.3. The van der Waals surface area contributed by atoms with Crippen LogP contribution in [0.15, 0.2) is 91.0 Å².